The Morgan fingerprint density at radius 2 is 2.04 bits per heavy atom. The van der Waals surface area contributed by atoms with Crippen LogP contribution < -0.4 is 0 Å². The molecular formula is C17H16BrFO4. The standard InChI is InChI=1S/C17H16BrFO4/c1-10-5-7-17(16(22)23,9-12(10)15(20)21)14-11(6-8-18)3-2-4-13(14)19/h2-5,7H,6,8-9H2,1H3,(H,20,21)(H,22,23). The predicted octanol–water partition coefficient (Wildman–Crippen LogP) is 3.45. The first-order valence-corrected chi connectivity index (χ1v) is 8.15. The number of carboxylic acids is 2. The SMILES string of the molecule is CC1=C(C(=O)O)CC(C(=O)O)(c2c(F)cccc2CCBr)C=C1. The minimum atomic E-state index is -1.71. The maximum absolute atomic E-state index is 14.5. The van der Waals surface area contributed by atoms with Crippen LogP contribution in [0.2, 0.25) is 0 Å². The highest BCUT2D eigenvalue weighted by Crippen LogP contribution is 2.41. The van der Waals surface area contributed by atoms with Crippen molar-refractivity contribution in [3.8, 4) is 0 Å². The van der Waals surface area contributed by atoms with E-state index in [-0.39, 0.29) is 17.6 Å². The number of benzene rings is 1. The van der Waals surface area contributed by atoms with E-state index in [1.807, 2.05) is 0 Å². The van der Waals surface area contributed by atoms with E-state index in [1.165, 1.54) is 24.3 Å². The molecule has 23 heavy (non-hydrogen) atoms. The lowest BCUT2D eigenvalue weighted by Gasteiger charge is -2.32. The largest absolute Gasteiger partial charge is 0.480 e. The van der Waals surface area contributed by atoms with E-state index in [9.17, 15) is 24.2 Å². The quantitative estimate of drug-likeness (QED) is 0.764. The van der Waals surface area contributed by atoms with Crippen molar-refractivity contribution in [3.05, 3.63) is 58.4 Å². The minimum Gasteiger partial charge on any atom is -0.480 e. The van der Waals surface area contributed by atoms with Gasteiger partial charge in [0.1, 0.15) is 11.2 Å². The van der Waals surface area contributed by atoms with Crippen molar-refractivity contribution in [1.29, 1.82) is 0 Å². The van der Waals surface area contributed by atoms with Gasteiger partial charge in [0.05, 0.1) is 0 Å². The molecule has 1 atom stereocenters. The van der Waals surface area contributed by atoms with Crippen LogP contribution in [-0.4, -0.2) is 27.5 Å². The molecule has 0 fully saturated rings. The smallest absolute Gasteiger partial charge is 0.331 e. The van der Waals surface area contributed by atoms with Gasteiger partial charge >= 0.3 is 11.9 Å². The molecule has 0 saturated heterocycles. The second-order valence-corrected chi connectivity index (χ2v) is 6.26. The van der Waals surface area contributed by atoms with Gasteiger partial charge in [0, 0.05) is 22.9 Å². The summed E-state index contributed by atoms with van der Waals surface area (Å²) >= 11 is 3.28. The number of allylic oxidation sites excluding steroid dienone is 2. The van der Waals surface area contributed by atoms with E-state index < -0.39 is 23.2 Å². The average Bonchev–Trinajstić information content (AvgIpc) is 2.48. The van der Waals surface area contributed by atoms with Crippen LogP contribution in [0.1, 0.15) is 24.5 Å². The maximum atomic E-state index is 14.5. The van der Waals surface area contributed by atoms with Crippen LogP contribution in [0.5, 0.6) is 0 Å². The third-order valence-electron chi connectivity index (χ3n) is 4.10. The highest BCUT2D eigenvalue weighted by Gasteiger charge is 2.45. The summed E-state index contributed by atoms with van der Waals surface area (Å²) in [7, 11) is 0. The third kappa shape index (κ3) is 3.08. The van der Waals surface area contributed by atoms with E-state index in [0.717, 1.165) is 0 Å². The van der Waals surface area contributed by atoms with Crippen molar-refractivity contribution in [2.24, 2.45) is 0 Å². The summed E-state index contributed by atoms with van der Waals surface area (Å²) in [5, 5.41) is 19.7. The number of aliphatic carboxylic acids is 2. The van der Waals surface area contributed by atoms with Crippen LogP contribution in [0.3, 0.4) is 0 Å². The van der Waals surface area contributed by atoms with Gasteiger partial charge in [-0.15, -0.1) is 0 Å². The van der Waals surface area contributed by atoms with E-state index in [2.05, 4.69) is 15.9 Å². The molecule has 1 aliphatic carbocycles. The molecule has 4 nitrogen and oxygen atoms in total. The zero-order valence-electron chi connectivity index (χ0n) is 12.5. The monoisotopic (exact) mass is 382 g/mol. The normalized spacial score (nSPS) is 20.7. The second-order valence-electron chi connectivity index (χ2n) is 5.47. The van der Waals surface area contributed by atoms with Crippen LogP contribution in [0.15, 0.2) is 41.5 Å². The summed E-state index contributed by atoms with van der Waals surface area (Å²) in [6, 6.07) is 4.40. The molecular weight excluding hydrogens is 367 g/mol. The van der Waals surface area contributed by atoms with Gasteiger partial charge in [-0.3, -0.25) is 4.79 Å². The van der Waals surface area contributed by atoms with Crippen molar-refractivity contribution >= 4 is 27.9 Å². The Balaban J connectivity index is 2.69. The van der Waals surface area contributed by atoms with E-state index in [1.54, 1.807) is 13.0 Å². The summed E-state index contributed by atoms with van der Waals surface area (Å²) in [6.07, 6.45) is 3.01. The number of hydrogen-bond donors (Lipinski definition) is 2. The van der Waals surface area contributed by atoms with E-state index >= 15 is 0 Å². The van der Waals surface area contributed by atoms with Crippen molar-refractivity contribution in [1.82, 2.24) is 0 Å². The van der Waals surface area contributed by atoms with Crippen molar-refractivity contribution < 1.29 is 24.2 Å². The first-order chi connectivity index (χ1) is 10.8. The van der Waals surface area contributed by atoms with Crippen LogP contribution in [0.25, 0.3) is 0 Å². The van der Waals surface area contributed by atoms with Crippen LogP contribution in [0.4, 0.5) is 4.39 Å². The fraction of sp³-hybridized carbons (Fsp3) is 0.294. The first-order valence-electron chi connectivity index (χ1n) is 7.03. The van der Waals surface area contributed by atoms with Crippen molar-refractivity contribution in [3.63, 3.8) is 0 Å². The number of hydrogen-bond acceptors (Lipinski definition) is 2. The minimum absolute atomic E-state index is 0.0112. The lowest BCUT2D eigenvalue weighted by molar-refractivity contribution is -0.142. The number of alkyl halides is 1. The number of aryl methyl sites for hydroxylation is 1. The van der Waals surface area contributed by atoms with Gasteiger partial charge in [0.2, 0.25) is 0 Å². The predicted molar refractivity (Wildman–Crippen MR) is 87.3 cm³/mol. The first kappa shape index (κ1) is 17.4. The molecule has 0 aliphatic heterocycles. The number of halogens is 2. The Kier molecular flexibility index (Phi) is 5.04. The highest BCUT2D eigenvalue weighted by molar-refractivity contribution is 9.09. The molecule has 0 heterocycles. The molecule has 1 unspecified atom stereocenters. The molecule has 1 aromatic rings. The molecule has 0 spiro atoms. The fourth-order valence-corrected chi connectivity index (χ4v) is 3.32. The van der Waals surface area contributed by atoms with Gasteiger partial charge in [-0.1, -0.05) is 40.2 Å². The second kappa shape index (κ2) is 6.66. The van der Waals surface area contributed by atoms with E-state index in [0.29, 0.717) is 22.9 Å². The molecule has 0 aromatic heterocycles. The van der Waals surface area contributed by atoms with Gasteiger partial charge in [0.15, 0.2) is 0 Å². The summed E-state index contributed by atoms with van der Waals surface area (Å²) in [5.74, 6) is -3.09. The van der Waals surface area contributed by atoms with Gasteiger partial charge in [0.25, 0.3) is 0 Å². The molecule has 0 bridgehead atoms. The molecule has 122 valence electrons. The summed E-state index contributed by atoms with van der Waals surface area (Å²) in [5.41, 5.74) is -0.654. The fourth-order valence-electron chi connectivity index (χ4n) is 2.89. The molecule has 2 N–H and O–H groups in total. The van der Waals surface area contributed by atoms with Crippen LogP contribution >= 0.6 is 15.9 Å². The molecule has 1 aromatic carbocycles. The zero-order chi connectivity index (χ0) is 17.2. The molecule has 0 radical (unpaired) electrons. The molecule has 6 heteroatoms. The maximum Gasteiger partial charge on any atom is 0.331 e. The Hall–Kier alpha value is -1.95. The summed E-state index contributed by atoms with van der Waals surface area (Å²) < 4.78 is 14.5. The Morgan fingerprint density at radius 3 is 2.61 bits per heavy atom. The van der Waals surface area contributed by atoms with E-state index in [4.69, 9.17) is 0 Å². The zero-order valence-corrected chi connectivity index (χ0v) is 14.1. The highest BCUT2D eigenvalue weighted by atomic mass is 79.9. The Bertz CT molecular complexity index is 723. The molecule has 1 aliphatic rings. The summed E-state index contributed by atoms with van der Waals surface area (Å²) in [4.78, 5) is 23.4. The van der Waals surface area contributed by atoms with Crippen LogP contribution in [-0.2, 0) is 21.4 Å². The third-order valence-corrected chi connectivity index (χ3v) is 4.50. The topological polar surface area (TPSA) is 74.6 Å². The van der Waals surface area contributed by atoms with Gasteiger partial charge in [-0.2, -0.15) is 0 Å². The number of carboxylic acid groups (broad SMARTS) is 2. The molecule has 0 saturated carbocycles. The lowest BCUT2D eigenvalue weighted by Crippen LogP contribution is -2.39. The van der Waals surface area contributed by atoms with Gasteiger partial charge in [-0.05, 0) is 30.5 Å². The average molecular weight is 383 g/mol. The van der Waals surface area contributed by atoms with Crippen molar-refractivity contribution in [2.45, 2.75) is 25.2 Å². The lowest BCUT2D eigenvalue weighted by atomic mass is 9.69. The Morgan fingerprint density at radius 1 is 1.35 bits per heavy atom. The Labute approximate surface area is 141 Å². The molecule has 2 rings (SSSR count). The van der Waals surface area contributed by atoms with Crippen molar-refractivity contribution in [2.75, 3.05) is 5.33 Å². The van der Waals surface area contributed by atoms with Crippen LogP contribution in [0, 0.1) is 5.82 Å². The summed E-state index contributed by atoms with van der Waals surface area (Å²) in [6.45, 7) is 1.60. The molecule has 0 amide bonds. The number of rotatable bonds is 5. The number of carbonyl (C=O) groups is 2. The van der Waals surface area contributed by atoms with Gasteiger partial charge in [-0.25, -0.2) is 9.18 Å². The van der Waals surface area contributed by atoms with Gasteiger partial charge < -0.3 is 10.2 Å².